The highest BCUT2D eigenvalue weighted by molar-refractivity contribution is 6.07. The van der Waals surface area contributed by atoms with Gasteiger partial charge in [-0.1, -0.05) is 0 Å². The number of alkyl halides is 3. The summed E-state index contributed by atoms with van der Waals surface area (Å²) in [7, 11) is 0. The summed E-state index contributed by atoms with van der Waals surface area (Å²) in [6.45, 7) is -1.57. The Kier molecular flexibility index (Phi) is 5.21. The number of nitrogens with one attached hydrogen (secondary N) is 1. The third kappa shape index (κ3) is 4.56. The molecule has 0 aliphatic carbocycles. The maximum atomic E-state index is 14.7. The molecule has 1 aromatic heterocycles. The lowest BCUT2D eigenvalue weighted by molar-refractivity contribution is -0.249. The zero-order valence-electron chi connectivity index (χ0n) is 20.6. The minimum Gasteiger partial charge on any atom is -0.478 e. The topological polar surface area (TPSA) is 125 Å². The third-order valence-corrected chi connectivity index (χ3v) is 5.16. The van der Waals surface area contributed by atoms with E-state index in [0.29, 0.717) is 0 Å². The summed E-state index contributed by atoms with van der Waals surface area (Å²) in [6, 6.07) is 5.82. The van der Waals surface area contributed by atoms with Crippen LogP contribution in [0.3, 0.4) is 0 Å². The Hall–Kier alpha value is -3.41. The first kappa shape index (κ1) is 20.2. The van der Waals surface area contributed by atoms with Gasteiger partial charge in [-0.15, -0.1) is 0 Å². The smallest absolute Gasteiger partial charge is 0.424 e. The number of benzene rings is 1. The molecule has 1 aliphatic heterocycles. The molecule has 0 radical (unpaired) electrons. The number of nitrogens with two attached hydrogens (primary N) is 2. The Morgan fingerprint density at radius 2 is 2.06 bits per heavy atom. The van der Waals surface area contributed by atoms with Crippen LogP contribution in [0.15, 0.2) is 35.3 Å². The Morgan fingerprint density at radius 1 is 1.33 bits per heavy atom. The third-order valence-electron chi connectivity index (χ3n) is 5.16. The highest BCUT2D eigenvalue weighted by atomic mass is 19.4. The van der Waals surface area contributed by atoms with Crippen LogP contribution in [-0.2, 0) is 10.3 Å². The van der Waals surface area contributed by atoms with E-state index in [9.17, 15) is 22.4 Å². The van der Waals surface area contributed by atoms with Crippen molar-refractivity contribution < 1.29 is 35.9 Å². The molecule has 3 rings (SSSR count). The van der Waals surface area contributed by atoms with Gasteiger partial charge in [-0.05, 0) is 45.0 Å². The largest absolute Gasteiger partial charge is 0.478 e. The van der Waals surface area contributed by atoms with Crippen molar-refractivity contribution in [1.29, 1.82) is 0 Å². The van der Waals surface area contributed by atoms with Crippen molar-refractivity contribution in [2.75, 3.05) is 24.2 Å². The number of halogens is 4. The molecule has 2 atom stereocenters. The average molecular weight is 472 g/mol. The molecule has 178 valence electrons. The van der Waals surface area contributed by atoms with Crippen molar-refractivity contribution in [1.82, 2.24) is 4.98 Å². The van der Waals surface area contributed by atoms with E-state index in [-0.39, 0.29) is 28.5 Å². The van der Waals surface area contributed by atoms with Crippen LogP contribution in [0, 0.1) is 5.82 Å². The van der Waals surface area contributed by atoms with E-state index < -0.39 is 54.9 Å². The van der Waals surface area contributed by atoms with Gasteiger partial charge < -0.3 is 26.3 Å². The zero-order chi connectivity index (χ0) is 27.1. The van der Waals surface area contributed by atoms with Gasteiger partial charge in [0, 0.05) is 18.7 Å². The summed E-state index contributed by atoms with van der Waals surface area (Å²) in [4.78, 5) is 20.4. The van der Waals surface area contributed by atoms with Crippen LogP contribution in [0.5, 0.6) is 5.88 Å². The molecule has 2 heterocycles. The van der Waals surface area contributed by atoms with E-state index in [2.05, 4.69) is 15.3 Å². The number of nitrogen functional groups attached to an aromatic ring is 1. The highest BCUT2D eigenvalue weighted by Gasteiger charge is 2.59. The quantitative estimate of drug-likeness (QED) is 0.573. The molecule has 0 saturated carbocycles. The fourth-order valence-corrected chi connectivity index (χ4v) is 3.12. The molecule has 2 unspecified atom stereocenters. The van der Waals surface area contributed by atoms with Crippen LogP contribution in [0.2, 0.25) is 0 Å². The van der Waals surface area contributed by atoms with E-state index in [1.54, 1.807) is 0 Å². The average Bonchev–Trinajstić information content (AvgIpc) is 2.77. The standard InChI is InChI=1S/C21H23F4N5O3/c1-4-32-15-8-6-12(16(26)29-15)17(31)28-11-5-7-14(22)13(9-11)19(2)10-33-20(3,18(27)30-19)21(23,24)25/h5-9H,4,10H2,1-3H3,(H2,26,29)(H2,27,30)(H,28,31)/i1D,4D2. The Bertz CT molecular complexity index is 1210. The van der Waals surface area contributed by atoms with Crippen LogP contribution < -0.4 is 21.5 Å². The van der Waals surface area contributed by atoms with Gasteiger partial charge in [0.15, 0.2) is 0 Å². The molecule has 0 saturated heterocycles. The van der Waals surface area contributed by atoms with Crippen molar-refractivity contribution in [3.63, 3.8) is 0 Å². The second-order valence-corrected chi connectivity index (χ2v) is 7.57. The van der Waals surface area contributed by atoms with Crippen molar-refractivity contribution in [2.24, 2.45) is 10.7 Å². The predicted octanol–water partition coefficient (Wildman–Crippen LogP) is 3.38. The lowest BCUT2D eigenvalue weighted by Crippen LogP contribution is -2.60. The van der Waals surface area contributed by atoms with E-state index >= 15 is 0 Å². The molecule has 5 N–H and O–H groups in total. The van der Waals surface area contributed by atoms with Gasteiger partial charge in [-0.25, -0.2) is 4.39 Å². The summed E-state index contributed by atoms with van der Waals surface area (Å²) in [6.07, 6.45) is -4.84. The molecule has 0 bridgehead atoms. The Morgan fingerprint density at radius 3 is 2.67 bits per heavy atom. The molecule has 0 spiro atoms. The number of ether oxygens (including phenoxy) is 2. The first-order chi connectivity index (χ1) is 16.5. The van der Waals surface area contributed by atoms with Crippen molar-refractivity contribution in [3.8, 4) is 5.88 Å². The van der Waals surface area contributed by atoms with Crippen LogP contribution >= 0.6 is 0 Å². The molecular weight excluding hydrogens is 446 g/mol. The predicted molar refractivity (Wildman–Crippen MR) is 114 cm³/mol. The number of nitrogens with zero attached hydrogens (tertiary/aromatic N) is 2. The van der Waals surface area contributed by atoms with Crippen molar-refractivity contribution in [2.45, 2.75) is 38.1 Å². The van der Waals surface area contributed by atoms with Gasteiger partial charge in [0.2, 0.25) is 11.5 Å². The number of hydrogen-bond donors (Lipinski definition) is 3. The normalized spacial score (nSPS) is 24.8. The lowest BCUT2D eigenvalue weighted by Gasteiger charge is -2.41. The van der Waals surface area contributed by atoms with Crippen LogP contribution in [0.1, 0.15) is 40.8 Å². The highest BCUT2D eigenvalue weighted by Crippen LogP contribution is 2.41. The van der Waals surface area contributed by atoms with E-state index in [1.807, 2.05) is 0 Å². The Labute approximate surface area is 191 Å². The van der Waals surface area contributed by atoms with Crippen LogP contribution in [0.25, 0.3) is 0 Å². The van der Waals surface area contributed by atoms with E-state index in [4.69, 9.17) is 25.1 Å². The summed E-state index contributed by atoms with van der Waals surface area (Å²) in [5.74, 6) is -2.97. The molecule has 1 aromatic carbocycles. The molecular formula is C21H23F4N5O3. The van der Waals surface area contributed by atoms with E-state index in [1.165, 1.54) is 31.2 Å². The summed E-state index contributed by atoms with van der Waals surface area (Å²) >= 11 is 0. The number of pyridine rings is 1. The fraction of sp³-hybridized carbons (Fsp3) is 0.381. The number of aliphatic imine (C=N–C) groups is 1. The van der Waals surface area contributed by atoms with Gasteiger partial charge in [-0.3, -0.25) is 9.79 Å². The van der Waals surface area contributed by atoms with Gasteiger partial charge in [0.1, 0.15) is 23.0 Å². The molecule has 8 nitrogen and oxygen atoms in total. The van der Waals surface area contributed by atoms with Crippen LogP contribution in [-0.4, -0.2) is 41.7 Å². The van der Waals surface area contributed by atoms with Gasteiger partial charge in [0.25, 0.3) is 5.91 Å². The SMILES string of the molecule is [2H]CC([2H])([2H])Oc1ccc(C(=O)Nc2ccc(F)c(C3(C)COC(C)(C(F)(F)F)C(N)=N3)c2)c(N)n1. The number of carbonyl (C=O) groups is 1. The molecule has 0 fully saturated rings. The minimum atomic E-state index is -4.84. The first-order valence-electron chi connectivity index (χ1n) is 11.1. The molecule has 1 amide bonds. The van der Waals surface area contributed by atoms with Crippen molar-refractivity contribution in [3.05, 3.63) is 47.3 Å². The number of anilines is 2. The number of hydrogen-bond acceptors (Lipinski definition) is 7. The van der Waals surface area contributed by atoms with E-state index in [0.717, 1.165) is 13.0 Å². The van der Waals surface area contributed by atoms with Crippen LogP contribution in [0.4, 0.5) is 29.1 Å². The minimum absolute atomic E-state index is 0.0702. The number of rotatable bonds is 5. The van der Waals surface area contributed by atoms with Gasteiger partial charge in [-0.2, -0.15) is 18.2 Å². The Balaban J connectivity index is 1.86. The van der Waals surface area contributed by atoms with Crippen molar-refractivity contribution >= 4 is 23.2 Å². The number of aromatic nitrogens is 1. The molecule has 2 aromatic rings. The van der Waals surface area contributed by atoms with Gasteiger partial charge >= 0.3 is 6.18 Å². The maximum Gasteiger partial charge on any atom is 0.424 e. The number of amides is 1. The number of carbonyl (C=O) groups excluding carboxylic acids is 1. The first-order valence-corrected chi connectivity index (χ1v) is 9.44. The fourth-order valence-electron chi connectivity index (χ4n) is 3.12. The van der Waals surface area contributed by atoms with Gasteiger partial charge in [0.05, 0.1) is 21.5 Å². The zero-order valence-corrected chi connectivity index (χ0v) is 17.6. The maximum absolute atomic E-state index is 14.7. The molecule has 12 heteroatoms. The molecule has 33 heavy (non-hydrogen) atoms. The summed E-state index contributed by atoms with van der Waals surface area (Å²) in [5, 5.41) is 2.48. The second-order valence-electron chi connectivity index (χ2n) is 7.57. The second kappa shape index (κ2) is 8.50. The molecule has 1 aliphatic rings. The lowest BCUT2D eigenvalue weighted by atomic mass is 9.89. The monoisotopic (exact) mass is 472 g/mol. The number of amidine groups is 1. The summed E-state index contributed by atoms with van der Waals surface area (Å²) in [5.41, 5.74) is 6.71. The summed E-state index contributed by atoms with van der Waals surface area (Å²) < 4.78 is 86.8.